The van der Waals surface area contributed by atoms with Crippen molar-refractivity contribution in [3.8, 4) is 11.8 Å². The van der Waals surface area contributed by atoms with Gasteiger partial charge in [-0.15, -0.1) is 0 Å². The van der Waals surface area contributed by atoms with Crippen LogP contribution in [0.15, 0.2) is 24.3 Å². The van der Waals surface area contributed by atoms with Gasteiger partial charge in [-0.2, -0.15) is 10.4 Å². The molecule has 0 aliphatic rings. The number of anilines is 3. The summed E-state index contributed by atoms with van der Waals surface area (Å²) in [6.07, 6.45) is 0. The zero-order chi connectivity index (χ0) is 12.3. The van der Waals surface area contributed by atoms with Gasteiger partial charge in [-0.05, 0) is 24.3 Å². The molecule has 0 radical (unpaired) electrons. The molecule has 0 aliphatic carbocycles. The molecule has 0 spiro atoms. The molecule has 4 N–H and O–H groups in total. The van der Waals surface area contributed by atoms with Gasteiger partial charge >= 0.3 is 0 Å². The number of rotatable bonds is 3. The van der Waals surface area contributed by atoms with Crippen molar-refractivity contribution in [2.24, 2.45) is 0 Å². The molecular formula is C11H11N5O. The van der Waals surface area contributed by atoms with Crippen molar-refractivity contribution >= 4 is 17.3 Å². The zero-order valence-electron chi connectivity index (χ0n) is 9.19. The maximum atomic E-state index is 8.90. The molecule has 0 atom stereocenters. The van der Waals surface area contributed by atoms with E-state index in [9.17, 15) is 0 Å². The number of aromatic nitrogens is 2. The van der Waals surface area contributed by atoms with E-state index in [2.05, 4.69) is 15.5 Å². The highest BCUT2D eigenvalue weighted by atomic mass is 16.5. The lowest BCUT2D eigenvalue weighted by molar-refractivity contribution is 0.415. The van der Waals surface area contributed by atoms with E-state index in [1.54, 1.807) is 7.11 Å². The van der Waals surface area contributed by atoms with Gasteiger partial charge in [0, 0.05) is 5.69 Å². The molecule has 6 heteroatoms. The average molecular weight is 229 g/mol. The first-order chi connectivity index (χ1) is 8.24. The molecule has 17 heavy (non-hydrogen) atoms. The number of nitriles is 1. The lowest BCUT2D eigenvalue weighted by atomic mass is 10.3. The quantitative estimate of drug-likeness (QED) is 0.742. The predicted molar refractivity (Wildman–Crippen MR) is 64.0 cm³/mol. The monoisotopic (exact) mass is 229 g/mol. The Balaban J connectivity index is 2.23. The first kappa shape index (κ1) is 10.8. The van der Waals surface area contributed by atoms with Crippen LogP contribution in [0.4, 0.5) is 17.3 Å². The summed E-state index contributed by atoms with van der Waals surface area (Å²) in [5.74, 6) is 1.43. The molecular weight excluding hydrogens is 218 g/mol. The lowest BCUT2D eigenvalue weighted by Crippen LogP contribution is -1.94. The van der Waals surface area contributed by atoms with Gasteiger partial charge in [0.1, 0.15) is 23.2 Å². The van der Waals surface area contributed by atoms with E-state index in [0.29, 0.717) is 11.4 Å². The Morgan fingerprint density at radius 1 is 1.41 bits per heavy atom. The third-order valence-electron chi connectivity index (χ3n) is 2.26. The SMILES string of the molecule is COc1ccc(Nc2n[nH]c(N)c2C#N)cc1. The van der Waals surface area contributed by atoms with Crippen LogP contribution in [0, 0.1) is 11.3 Å². The minimum Gasteiger partial charge on any atom is -0.497 e. The summed E-state index contributed by atoms with van der Waals surface area (Å²) in [6.45, 7) is 0. The summed E-state index contributed by atoms with van der Waals surface area (Å²) in [6, 6.07) is 9.25. The largest absolute Gasteiger partial charge is 0.497 e. The fourth-order valence-corrected chi connectivity index (χ4v) is 1.37. The van der Waals surface area contributed by atoms with E-state index < -0.39 is 0 Å². The van der Waals surface area contributed by atoms with Crippen molar-refractivity contribution in [2.45, 2.75) is 0 Å². The Hall–Kier alpha value is -2.68. The summed E-state index contributed by atoms with van der Waals surface area (Å²) in [7, 11) is 1.60. The van der Waals surface area contributed by atoms with Crippen LogP contribution in [-0.2, 0) is 0 Å². The Morgan fingerprint density at radius 3 is 2.71 bits per heavy atom. The first-order valence-electron chi connectivity index (χ1n) is 4.89. The fraction of sp³-hybridized carbons (Fsp3) is 0.0909. The number of benzene rings is 1. The number of nitrogens with zero attached hydrogens (tertiary/aromatic N) is 2. The smallest absolute Gasteiger partial charge is 0.172 e. The summed E-state index contributed by atoms with van der Waals surface area (Å²) in [5, 5.41) is 18.4. The van der Waals surface area contributed by atoms with Gasteiger partial charge in [0.15, 0.2) is 5.82 Å². The Morgan fingerprint density at radius 2 is 2.12 bits per heavy atom. The van der Waals surface area contributed by atoms with E-state index in [0.717, 1.165) is 11.4 Å². The molecule has 0 fully saturated rings. The number of hydrogen-bond donors (Lipinski definition) is 3. The number of hydrogen-bond acceptors (Lipinski definition) is 5. The molecule has 0 saturated heterocycles. The van der Waals surface area contributed by atoms with Crippen LogP contribution in [0.5, 0.6) is 5.75 Å². The number of ether oxygens (including phenoxy) is 1. The average Bonchev–Trinajstić information content (AvgIpc) is 2.71. The highest BCUT2D eigenvalue weighted by Gasteiger charge is 2.10. The Kier molecular flexibility index (Phi) is 2.83. The number of methoxy groups -OCH3 is 1. The summed E-state index contributed by atoms with van der Waals surface area (Å²) in [5.41, 5.74) is 6.66. The third kappa shape index (κ3) is 2.13. The van der Waals surface area contributed by atoms with Gasteiger partial charge in [-0.25, -0.2) is 0 Å². The number of nitrogen functional groups attached to an aromatic ring is 1. The van der Waals surface area contributed by atoms with Crippen molar-refractivity contribution in [3.63, 3.8) is 0 Å². The van der Waals surface area contributed by atoms with E-state index in [1.807, 2.05) is 30.3 Å². The van der Waals surface area contributed by atoms with E-state index in [-0.39, 0.29) is 5.82 Å². The first-order valence-corrected chi connectivity index (χ1v) is 4.89. The fourth-order valence-electron chi connectivity index (χ4n) is 1.37. The maximum Gasteiger partial charge on any atom is 0.172 e. The van der Waals surface area contributed by atoms with E-state index >= 15 is 0 Å². The maximum absolute atomic E-state index is 8.90. The van der Waals surface area contributed by atoms with Crippen molar-refractivity contribution < 1.29 is 4.74 Å². The summed E-state index contributed by atoms with van der Waals surface area (Å²) in [4.78, 5) is 0. The highest BCUT2D eigenvalue weighted by Crippen LogP contribution is 2.23. The molecule has 1 heterocycles. The molecule has 0 aliphatic heterocycles. The second kappa shape index (κ2) is 4.45. The number of aromatic amines is 1. The molecule has 86 valence electrons. The Labute approximate surface area is 98.0 Å². The minimum absolute atomic E-state index is 0.253. The Bertz CT molecular complexity index is 552. The van der Waals surface area contributed by atoms with Crippen LogP contribution >= 0.6 is 0 Å². The molecule has 6 nitrogen and oxygen atoms in total. The minimum atomic E-state index is 0.253. The lowest BCUT2D eigenvalue weighted by Gasteiger charge is -2.04. The van der Waals surface area contributed by atoms with Crippen LogP contribution in [0.1, 0.15) is 5.56 Å². The molecule has 1 aromatic carbocycles. The predicted octanol–water partition coefficient (Wildman–Crippen LogP) is 1.62. The van der Waals surface area contributed by atoms with Crippen molar-refractivity contribution in [3.05, 3.63) is 29.8 Å². The normalized spacial score (nSPS) is 9.65. The van der Waals surface area contributed by atoms with Crippen LogP contribution < -0.4 is 15.8 Å². The summed E-state index contributed by atoms with van der Waals surface area (Å²) < 4.78 is 5.05. The molecule has 2 aromatic rings. The van der Waals surface area contributed by atoms with Crippen LogP contribution in [0.3, 0.4) is 0 Å². The molecule has 1 aromatic heterocycles. The van der Waals surface area contributed by atoms with Gasteiger partial charge < -0.3 is 15.8 Å². The van der Waals surface area contributed by atoms with Crippen molar-refractivity contribution in [1.29, 1.82) is 5.26 Å². The van der Waals surface area contributed by atoms with Crippen molar-refractivity contribution in [1.82, 2.24) is 10.2 Å². The van der Waals surface area contributed by atoms with Gasteiger partial charge in [0.2, 0.25) is 0 Å². The second-order valence-electron chi connectivity index (χ2n) is 3.33. The molecule has 0 bridgehead atoms. The van der Waals surface area contributed by atoms with Crippen LogP contribution in [0.25, 0.3) is 0 Å². The van der Waals surface area contributed by atoms with Gasteiger partial charge in [-0.3, -0.25) is 5.10 Å². The van der Waals surface area contributed by atoms with E-state index in [1.165, 1.54) is 0 Å². The standard InChI is InChI=1S/C11H11N5O/c1-17-8-4-2-7(3-5-8)14-11-9(6-12)10(13)15-16-11/h2-5H,1H3,(H4,13,14,15,16). The zero-order valence-corrected chi connectivity index (χ0v) is 9.19. The number of nitrogens with one attached hydrogen (secondary N) is 2. The second-order valence-corrected chi connectivity index (χ2v) is 3.33. The molecule has 2 rings (SSSR count). The molecule has 0 amide bonds. The number of nitrogens with two attached hydrogens (primary N) is 1. The van der Waals surface area contributed by atoms with Gasteiger partial charge in [-0.1, -0.05) is 0 Å². The van der Waals surface area contributed by atoms with Crippen LogP contribution in [-0.4, -0.2) is 17.3 Å². The molecule has 0 saturated carbocycles. The topological polar surface area (TPSA) is 99.8 Å². The van der Waals surface area contributed by atoms with Gasteiger partial charge in [0.25, 0.3) is 0 Å². The van der Waals surface area contributed by atoms with E-state index in [4.69, 9.17) is 15.7 Å². The van der Waals surface area contributed by atoms with Gasteiger partial charge in [0.05, 0.1) is 7.11 Å². The highest BCUT2D eigenvalue weighted by molar-refractivity contribution is 5.68. The third-order valence-corrected chi connectivity index (χ3v) is 2.26. The number of H-pyrrole nitrogens is 1. The summed E-state index contributed by atoms with van der Waals surface area (Å²) >= 11 is 0. The van der Waals surface area contributed by atoms with Crippen molar-refractivity contribution in [2.75, 3.05) is 18.2 Å². The molecule has 0 unspecified atom stereocenters. The van der Waals surface area contributed by atoms with Crippen LogP contribution in [0.2, 0.25) is 0 Å².